The van der Waals surface area contributed by atoms with Gasteiger partial charge in [0.2, 0.25) is 5.91 Å². The maximum Gasteiger partial charge on any atom is 0.573 e. The normalized spacial score (nSPS) is 26.2. The van der Waals surface area contributed by atoms with Crippen LogP contribution in [0.2, 0.25) is 0 Å². The molecule has 2 heterocycles. The summed E-state index contributed by atoms with van der Waals surface area (Å²) in [6.45, 7) is 0.308. The molecule has 1 aromatic rings. The molecule has 2 fully saturated rings. The Kier molecular flexibility index (Phi) is 4.99. The molecule has 2 bridgehead atoms. The fraction of sp³-hybridized carbons (Fsp3) is 0.588. The molecule has 3 rings (SSSR count). The van der Waals surface area contributed by atoms with Crippen LogP contribution in [0.1, 0.15) is 37.7 Å². The average Bonchev–Trinajstić information content (AvgIpc) is 2.84. The van der Waals surface area contributed by atoms with E-state index in [-0.39, 0.29) is 11.7 Å². The van der Waals surface area contributed by atoms with Crippen LogP contribution in [0.15, 0.2) is 24.3 Å². The quantitative estimate of drug-likeness (QED) is 0.864. The highest BCUT2D eigenvalue weighted by molar-refractivity contribution is 5.76. The molecular formula is C17H21F3N2O2. The molecule has 132 valence electrons. The van der Waals surface area contributed by atoms with Gasteiger partial charge in [0, 0.05) is 25.0 Å². The summed E-state index contributed by atoms with van der Waals surface area (Å²) >= 11 is 0. The Morgan fingerprint density at radius 3 is 2.38 bits per heavy atom. The lowest BCUT2D eigenvalue weighted by atomic mass is 9.89. The van der Waals surface area contributed by atoms with Crippen molar-refractivity contribution in [2.45, 2.75) is 57.1 Å². The minimum absolute atomic E-state index is 0.00285. The summed E-state index contributed by atoms with van der Waals surface area (Å²) < 4.78 is 40.1. The van der Waals surface area contributed by atoms with E-state index in [1.54, 1.807) is 0 Å². The minimum atomic E-state index is -4.69. The minimum Gasteiger partial charge on any atom is -0.406 e. The number of nitrogens with one attached hydrogen (secondary N) is 2. The summed E-state index contributed by atoms with van der Waals surface area (Å²) in [5.74, 6) is 0.158. The topological polar surface area (TPSA) is 50.4 Å². The first-order chi connectivity index (χ1) is 11.4. The summed E-state index contributed by atoms with van der Waals surface area (Å²) in [7, 11) is 0. The summed E-state index contributed by atoms with van der Waals surface area (Å²) in [4.78, 5) is 12.1. The lowest BCUT2D eigenvalue weighted by Gasteiger charge is -2.28. The lowest BCUT2D eigenvalue weighted by Crippen LogP contribution is -2.39. The van der Waals surface area contributed by atoms with E-state index >= 15 is 0 Å². The van der Waals surface area contributed by atoms with Crippen LogP contribution >= 0.6 is 0 Å². The molecule has 1 amide bonds. The number of halogens is 3. The molecule has 7 heteroatoms. The number of carbonyl (C=O) groups is 1. The van der Waals surface area contributed by atoms with E-state index in [4.69, 9.17) is 0 Å². The number of piperidine rings is 1. The van der Waals surface area contributed by atoms with Gasteiger partial charge in [0.15, 0.2) is 0 Å². The zero-order valence-electron chi connectivity index (χ0n) is 13.2. The molecule has 0 radical (unpaired) electrons. The van der Waals surface area contributed by atoms with Crippen molar-refractivity contribution in [2.75, 3.05) is 0 Å². The van der Waals surface area contributed by atoms with Crippen LogP contribution in [0.5, 0.6) is 5.75 Å². The maximum atomic E-state index is 12.1. The number of fused-ring (bicyclic) bond motifs is 2. The van der Waals surface area contributed by atoms with Crippen molar-refractivity contribution in [2.24, 2.45) is 5.92 Å². The van der Waals surface area contributed by atoms with Gasteiger partial charge in [-0.3, -0.25) is 4.79 Å². The van der Waals surface area contributed by atoms with E-state index in [2.05, 4.69) is 15.4 Å². The van der Waals surface area contributed by atoms with Gasteiger partial charge >= 0.3 is 6.36 Å². The van der Waals surface area contributed by atoms with Gasteiger partial charge in [-0.1, -0.05) is 12.1 Å². The molecule has 0 spiro atoms. The van der Waals surface area contributed by atoms with E-state index in [0.29, 0.717) is 31.0 Å². The Bertz CT molecular complexity index is 562. The fourth-order valence-electron chi connectivity index (χ4n) is 3.69. The number of hydrogen-bond donors (Lipinski definition) is 2. The van der Waals surface area contributed by atoms with E-state index in [0.717, 1.165) is 18.4 Å². The Balaban J connectivity index is 1.43. The Morgan fingerprint density at radius 2 is 1.79 bits per heavy atom. The lowest BCUT2D eigenvalue weighted by molar-refractivity contribution is -0.274. The largest absolute Gasteiger partial charge is 0.573 e. The molecule has 4 nitrogen and oxygen atoms in total. The molecule has 2 saturated heterocycles. The van der Waals surface area contributed by atoms with Gasteiger partial charge in [0.05, 0.1) is 0 Å². The molecule has 2 atom stereocenters. The SMILES string of the molecule is O=C(CC1CC2CCC(C1)N2)NCc1ccc(OC(F)(F)F)cc1. The first kappa shape index (κ1) is 17.1. The average molecular weight is 342 g/mol. The van der Waals surface area contributed by atoms with Gasteiger partial charge in [-0.2, -0.15) is 0 Å². The third-order valence-corrected chi connectivity index (χ3v) is 4.69. The van der Waals surface area contributed by atoms with Crippen molar-refractivity contribution >= 4 is 5.91 Å². The van der Waals surface area contributed by atoms with E-state index in [9.17, 15) is 18.0 Å². The van der Waals surface area contributed by atoms with E-state index in [1.165, 1.54) is 37.1 Å². The summed E-state index contributed by atoms with van der Waals surface area (Å²) in [6, 6.07) is 6.66. The van der Waals surface area contributed by atoms with Gasteiger partial charge < -0.3 is 15.4 Å². The summed E-state index contributed by atoms with van der Waals surface area (Å²) in [5.41, 5.74) is 0.739. The first-order valence-corrected chi connectivity index (χ1v) is 8.25. The highest BCUT2D eigenvalue weighted by Gasteiger charge is 2.34. The van der Waals surface area contributed by atoms with Crippen molar-refractivity contribution in [3.05, 3.63) is 29.8 Å². The second-order valence-electron chi connectivity index (χ2n) is 6.65. The molecule has 24 heavy (non-hydrogen) atoms. The van der Waals surface area contributed by atoms with Gasteiger partial charge in [0.1, 0.15) is 5.75 Å². The van der Waals surface area contributed by atoms with Gasteiger partial charge in [-0.15, -0.1) is 13.2 Å². The van der Waals surface area contributed by atoms with Crippen LogP contribution in [0.3, 0.4) is 0 Å². The standard InChI is InChI=1S/C17H21F3N2O2/c18-17(19,20)24-15-5-1-11(2-6-15)10-21-16(23)9-12-7-13-3-4-14(8-12)22-13/h1-2,5-6,12-14,22H,3-4,7-10H2,(H,21,23). The molecule has 2 aliphatic rings. The van der Waals surface area contributed by atoms with Crippen LogP contribution in [0, 0.1) is 5.92 Å². The molecular weight excluding hydrogens is 321 g/mol. The predicted octanol–water partition coefficient (Wildman–Crippen LogP) is 3.12. The molecule has 0 saturated carbocycles. The second-order valence-corrected chi connectivity index (χ2v) is 6.65. The highest BCUT2D eigenvalue weighted by Crippen LogP contribution is 2.32. The van der Waals surface area contributed by atoms with Crippen LogP contribution in [-0.4, -0.2) is 24.4 Å². The molecule has 2 N–H and O–H groups in total. The summed E-state index contributed by atoms with van der Waals surface area (Å²) in [6.07, 6.45) is 0.332. The number of benzene rings is 1. The number of carbonyl (C=O) groups excluding carboxylic acids is 1. The first-order valence-electron chi connectivity index (χ1n) is 8.25. The number of rotatable bonds is 5. The van der Waals surface area contributed by atoms with Crippen molar-refractivity contribution in [1.29, 1.82) is 0 Å². The monoisotopic (exact) mass is 342 g/mol. The van der Waals surface area contributed by atoms with Crippen molar-refractivity contribution in [1.82, 2.24) is 10.6 Å². The zero-order valence-corrected chi connectivity index (χ0v) is 13.2. The maximum absolute atomic E-state index is 12.1. The van der Waals surface area contributed by atoms with E-state index < -0.39 is 6.36 Å². The van der Waals surface area contributed by atoms with Gasteiger partial charge in [-0.25, -0.2) is 0 Å². The third-order valence-electron chi connectivity index (χ3n) is 4.69. The predicted molar refractivity (Wildman–Crippen MR) is 82.3 cm³/mol. The number of ether oxygens (including phenoxy) is 1. The number of alkyl halides is 3. The highest BCUT2D eigenvalue weighted by atomic mass is 19.4. The Morgan fingerprint density at radius 1 is 1.17 bits per heavy atom. The van der Waals surface area contributed by atoms with Crippen molar-refractivity contribution in [3.63, 3.8) is 0 Å². The molecule has 2 unspecified atom stereocenters. The van der Waals surface area contributed by atoms with Crippen LogP contribution < -0.4 is 15.4 Å². The fourth-order valence-corrected chi connectivity index (χ4v) is 3.69. The van der Waals surface area contributed by atoms with E-state index in [1.807, 2.05) is 0 Å². The van der Waals surface area contributed by atoms with Crippen LogP contribution in [0.4, 0.5) is 13.2 Å². The third kappa shape index (κ3) is 4.87. The van der Waals surface area contributed by atoms with Crippen LogP contribution in [0.25, 0.3) is 0 Å². The van der Waals surface area contributed by atoms with Crippen molar-refractivity contribution < 1.29 is 22.7 Å². The molecule has 2 aliphatic heterocycles. The number of hydrogen-bond acceptors (Lipinski definition) is 3. The Labute approximate surface area is 138 Å². The molecule has 0 aromatic heterocycles. The number of amides is 1. The Hall–Kier alpha value is -1.76. The van der Waals surface area contributed by atoms with Crippen LogP contribution in [-0.2, 0) is 11.3 Å². The van der Waals surface area contributed by atoms with Crippen molar-refractivity contribution in [3.8, 4) is 5.75 Å². The van der Waals surface area contributed by atoms with Gasteiger partial charge in [-0.05, 0) is 49.3 Å². The zero-order chi connectivity index (χ0) is 17.2. The second kappa shape index (κ2) is 7.01. The molecule has 1 aromatic carbocycles. The summed E-state index contributed by atoms with van der Waals surface area (Å²) in [5, 5.41) is 6.39. The smallest absolute Gasteiger partial charge is 0.406 e. The van der Waals surface area contributed by atoms with Gasteiger partial charge in [0.25, 0.3) is 0 Å². The molecule has 0 aliphatic carbocycles.